The molecule has 32 heavy (non-hydrogen) atoms. The molecular weight excluding hydrogens is 423 g/mol. The summed E-state index contributed by atoms with van der Waals surface area (Å²) >= 11 is 0. The topological polar surface area (TPSA) is 75.4 Å². The highest BCUT2D eigenvalue weighted by atomic mass is 19.4. The number of carbonyl (C=O) groups is 1. The van der Waals surface area contributed by atoms with Crippen LogP contribution in [0.25, 0.3) is 11.4 Å². The van der Waals surface area contributed by atoms with Gasteiger partial charge >= 0.3 is 6.18 Å². The van der Waals surface area contributed by atoms with Crippen LogP contribution >= 0.6 is 0 Å². The number of hydrogen-bond donors (Lipinski definition) is 0. The molecule has 0 N–H and O–H groups in total. The number of amides is 1. The normalized spacial score (nSPS) is 16.2. The van der Waals surface area contributed by atoms with Crippen molar-refractivity contribution in [1.82, 2.24) is 24.9 Å². The third kappa shape index (κ3) is 4.64. The highest BCUT2D eigenvalue weighted by Crippen LogP contribution is 2.32. The minimum Gasteiger partial charge on any atom is -0.337 e. The zero-order valence-corrected chi connectivity index (χ0v) is 17.6. The first kappa shape index (κ1) is 21.9. The molecule has 0 radical (unpaired) electrons. The molecule has 0 saturated carbocycles. The van der Waals surface area contributed by atoms with Gasteiger partial charge in [0.15, 0.2) is 0 Å². The number of halogens is 3. The molecule has 10 heteroatoms. The first-order valence-corrected chi connectivity index (χ1v) is 10.2. The molecule has 3 heterocycles. The van der Waals surface area contributed by atoms with Gasteiger partial charge in [-0.05, 0) is 38.1 Å². The van der Waals surface area contributed by atoms with E-state index in [2.05, 4.69) is 20.0 Å². The minimum atomic E-state index is -4.44. The van der Waals surface area contributed by atoms with Crippen molar-refractivity contribution in [3.63, 3.8) is 0 Å². The van der Waals surface area contributed by atoms with Crippen LogP contribution in [0, 0.1) is 6.92 Å². The van der Waals surface area contributed by atoms with Gasteiger partial charge in [-0.25, -0.2) is 0 Å². The molecule has 1 aliphatic heterocycles. The number of rotatable bonds is 4. The molecule has 1 aromatic carbocycles. The van der Waals surface area contributed by atoms with Crippen LogP contribution in [-0.4, -0.2) is 57.0 Å². The zero-order chi connectivity index (χ0) is 22.9. The molecule has 0 bridgehead atoms. The molecule has 7 nitrogen and oxygen atoms in total. The highest BCUT2D eigenvalue weighted by Gasteiger charge is 2.31. The first-order chi connectivity index (χ1) is 15.2. The van der Waals surface area contributed by atoms with Gasteiger partial charge in [0.2, 0.25) is 11.7 Å². The lowest BCUT2D eigenvalue weighted by Crippen LogP contribution is -2.49. The van der Waals surface area contributed by atoms with Gasteiger partial charge in [0, 0.05) is 43.6 Å². The van der Waals surface area contributed by atoms with E-state index in [9.17, 15) is 18.0 Å². The number of hydrogen-bond acceptors (Lipinski definition) is 6. The average Bonchev–Trinajstić information content (AvgIpc) is 3.29. The van der Waals surface area contributed by atoms with Gasteiger partial charge < -0.3 is 9.42 Å². The molecule has 1 saturated heterocycles. The van der Waals surface area contributed by atoms with Crippen molar-refractivity contribution in [2.45, 2.75) is 26.1 Å². The molecule has 1 atom stereocenters. The van der Waals surface area contributed by atoms with Crippen LogP contribution < -0.4 is 0 Å². The average molecular weight is 445 g/mol. The SMILES string of the molecule is Cc1ccc(C(=O)N2CCN([C@@H](C)c3nc(-c4cccc(C(F)(F)F)c4)no3)CC2)cn1. The fourth-order valence-electron chi connectivity index (χ4n) is 3.60. The maximum atomic E-state index is 13.0. The van der Waals surface area contributed by atoms with E-state index in [1.165, 1.54) is 12.1 Å². The molecule has 168 valence electrons. The molecule has 1 fully saturated rings. The lowest BCUT2D eigenvalue weighted by molar-refractivity contribution is -0.137. The Kier molecular flexibility index (Phi) is 5.96. The summed E-state index contributed by atoms with van der Waals surface area (Å²) in [5.74, 6) is 0.369. The van der Waals surface area contributed by atoms with E-state index in [1.54, 1.807) is 17.2 Å². The van der Waals surface area contributed by atoms with Crippen molar-refractivity contribution in [1.29, 1.82) is 0 Å². The van der Waals surface area contributed by atoms with E-state index < -0.39 is 11.7 Å². The second-order valence-electron chi connectivity index (χ2n) is 7.73. The summed E-state index contributed by atoms with van der Waals surface area (Å²) < 4.78 is 44.3. The summed E-state index contributed by atoms with van der Waals surface area (Å²) in [6.45, 7) is 6.04. The van der Waals surface area contributed by atoms with Crippen LogP contribution in [0.3, 0.4) is 0 Å². The summed E-state index contributed by atoms with van der Waals surface area (Å²) in [7, 11) is 0. The fourth-order valence-corrected chi connectivity index (χ4v) is 3.60. The molecule has 1 amide bonds. The fraction of sp³-hybridized carbons (Fsp3) is 0.364. The molecular formula is C22H22F3N5O2. The van der Waals surface area contributed by atoms with Crippen molar-refractivity contribution in [2.75, 3.05) is 26.2 Å². The number of aryl methyl sites for hydroxylation is 1. The van der Waals surface area contributed by atoms with Crippen LogP contribution in [0.4, 0.5) is 13.2 Å². The predicted molar refractivity (Wildman–Crippen MR) is 110 cm³/mol. The number of aromatic nitrogens is 3. The second kappa shape index (κ2) is 8.70. The summed E-state index contributed by atoms with van der Waals surface area (Å²) in [4.78, 5) is 25.0. The quantitative estimate of drug-likeness (QED) is 0.605. The van der Waals surface area contributed by atoms with Gasteiger partial charge in [-0.3, -0.25) is 14.7 Å². The third-order valence-electron chi connectivity index (χ3n) is 5.55. The monoisotopic (exact) mass is 445 g/mol. The van der Waals surface area contributed by atoms with E-state index in [0.717, 1.165) is 17.8 Å². The Morgan fingerprint density at radius 3 is 2.53 bits per heavy atom. The van der Waals surface area contributed by atoms with Crippen LogP contribution in [-0.2, 0) is 6.18 Å². The van der Waals surface area contributed by atoms with E-state index in [4.69, 9.17) is 4.52 Å². The number of nitrogens with zero attached hydrogens (tertiary/aromatic N) is 5. The Morgan fingerprint density at radius 1 is 1.12 bits per heavy atom. The van der Waals surface area contributed by atoms with Gasteiger partial charge in [0.05, 0.1) is 17.2 Å². The van der Waals surface area contributed by atoms with Gasteiger partial charge in [-0.2, -0.15) is 18.2 Å². The highest BCUT2D eigenvalue weighted by molar-refractivity contribution is 5.94. The van der Waals surface area contributed by atoms with Crippen molar-refractivity contribution >= 4 is 5.91 Å². The predicted octanol–water partition coefficient (Wildman–Crippen LogP) is 3.98. The molecule has 4 rings (SSSR count). The van der Waals surface area contributed by atoms with E-state index in [-0.39, 0.29) is 23.3 Å². The number of benzene rings is 1. The van der Waals surface area contributed by atoms with Crippen molar-refractivity contribution < 1.29 is 22.5 Å². The first-order valence-electron chi connectivity index (χ1n) is 10.2. The summed E-state index contributed by atoms with van der Waals surface area (Å²) in [6.07, 6.45) is -2.86. The maximum Gasteiger partial charge on any atom is 0.416 e. The molecule has 3 aromatic rings. The second-order valence-corrected chi connectivity index (χ2v) is 7.73. The molecule has 0 spiro atoms. The van der Waals surface area contributed by atoms with Gasteiger partial charge in [-0.1, -0.05) is 17.3 Å². The van der Waals surface area contributed by atoms with E-state index in [1.807, 2.05) is 19.9 Å². The van der Waals surface area contributed by atoms with E-state index in [0.29, 0.717) is 37.6 Å². The van der Waals surface area contributed by atoms with Gasteiger partial charge in [0.25, 0.3) is 5.91 Å². The maximum absolute atomic E-state index is 13.0. The number of pyridine rings is 1. The third-order valence-corrected chi connectivity index (χ3v) is 5.55. The van der Waals surface area contributed by atoms with Crippen LogP contribution in [0.1, 0.15) is 40.5 Å². The number of piperazine rings is 1. The number of carbonyl (C=O) groups excluding carboxylic acids is 1. The van der Waals surface area contributed by atoms with Gasteiger partial charge in [-0.15, -0.1) is 0 Å². The lowest BCUT2D eigenvalue weighted by Gasteiger charge is -2.36. The molecule has 0 aliphatic carbocycles. The molecule has 1 aliphatic rings. The summed E-state index contributed by atoms with van der Waals surface area (Å²) in [5, 5.41) is 3.86. The summed E-state index contributed by atoms with van der Waals surface area (Å²) in [5.41, 5.74) is 0.882. The number of alkyl halides is 3. The van der Waals surface area contributed by atoms with Crippen molar-refractivity contribution in [2.24, 2.45) is 0 Å². The summed E-state index contributed by atoms with van der Waals surface area (Å²) in [6, 6.07) is 8.18. The van der Waals surface area contributed by atoms with Crippen molar-refractivity contribution in [3.8, 4) is 11.4 Å². The Balaban J connectivity index is 1.40. The molecule has 0 unspecified atom stereocenters. The van der Waals surface area contributed by atoms with E-state index >= 15 is 0 Å². The Bertz CT molecular complexity index is 1090. The Labute approximate surface area is 182 Å². The van der Waals surface area contributed by atoms with Gasteiger partial charge in [0.1, 0.15) is 0 Å². The standard InChI is InChI=1S/C22H22F3N5O2/c1-14-6-7-17(13-26-14)21(31)30-10-8-29(9-11-30)15(2)20-27-19(28-32-20)16-4-3-5-18(12-16)22(23,24)25/h3-7,12-13,15H,8-11H2,1-2H3/t15-/m0/s1. The lowest BCUT2D eigenvalue weighted by atomic mass is 10.1. The van der Waals surface area contributed by atoms with Crippen LogP contribution in [0.5, 0.6) is 0 Å². The minimum absolute atomic E-state index is 0.0607. The smallest absolute Gasteiger partial charge is 0.337 e. The van der Waals surface area contributed by atoms with Crippen LogP contribution in [0.15, 0.2) is 47.1 Å². The Morgan fingerprint density at radius 2 is 1.88 bits per heavy atom. The zero-order valence-electron chi connectivity index (χ0n) is 17.6. The largest absolute Gasteiger partial charge is 0.416 e. The van der Waals surface area contributed by atoms with Crippen LogP contribution in [0.2, 0.25) is 0 Å². The van der Waals surface area contributed by atoms with Crippen molar-refractivity contribution in [3.05, 3.63) is 65.3 Å². The molecule has 2 aromatic heterocycles. The Hall–Kier alpha value is -3.27.